The first-order valence-corrected chi connectivity index (χ1v) is 8.86. The first-order chi connectivity index (χ1) is 13.0. The Hall–Kier alpha value is -2.93. The predicted molar refractivity (Wildman–Crippen MR) is 99.4 cm³/mol. The number of carboxylic acids is 1. The number of carbonyl (C=O) groups is 2. The van der Waals surface area contributed by atoms with Gasteiger partial charge in [-0.1, -0.05) is 0 Å². The van der Waals surface area contributed by atoms with Gasteiger partial charge in [-0.2, -0.15) is 0 Å². The average Bonchev–Trinajstić information content (AvgIpc) is 2.68. The second kappa shape index (κ2) is 8.64. The quantitative estimate of drug-likeness (QED) is 0.811. The van der Waals surface area contributed by atoms with Gasteiger partial charge in [0.1, 0.15) is 11.4 Å². The second-order valence-corrected chi connectivity index (χ2v) is 6.48. The zero-order valence-corrected chi connectivity index (χ0v) is 15.1. The van der Waals surface area contributed by atoms with Crippen molar-refractivity contribution in [1.82, 2.24) is 4.98 Å². The highest BCUT2D eigenvalue weighted by atomic mass is 16.5. The predicted octanol–water partition coefficient (Wildman–Crippen LogP) is 3.15. The Morgan fingerprint density at radius 2 is 1.89 bits per heavy atom. The monoisotopic (exact) mass is 370 g/mol. The van der Waals surface area contributed by atoms with E-state index in [9.17, 15) is 9.59 Å². The van der Waals surface area contributed by atoms with Gasteiger partial charge < -0.3 is 19.9 Å². The van der Waals surface area contributed by atoms with Crippen molar-refractivity contribution < 1.29 is 24.2 Å². The number of nitrogens with zero attached hydrogens (tertiary/aromatic N) is 1. The number of pyridine rings is 1. The molecular formula is C20H22N2O5. The molecule has 2 aromatic rings. The number of hydrogen-bond donors (Lipinski definition) is 2. The summed E-state index contributed by atoms with van der Waals surface area (Å²) in [6.45, 7) is 3.80. The van der Waals surface area contributed by atoms with Crippen molar-refractivity contribution in [1.29, 1.82) is 0 Å². The number of hydrogen-bond acceptors (Lipinski definition) is 5. The van der Waals surface area contributed by atoms with Crippen LogP contribution in [0.5, 0.6) is 5.75 Å². The number of aromatic carboxylic acids is 1. The largest absolute Gasteiger partial charge is 0.493 e. The molecular weight excluding hydrogens is 348 g/mol. The van der Waals surface area contributed by atoms with Crippen LogP contribution in [0, 0.1) is 12.8 Å². The number of carboxylic acid groups (broad SMARTS) is 1. The lowest BCUT2D eigenvalue weighted by molar-refractivity contribution is 0.0497. The maximum Gasteiger partial charge on any atom is 0.337 e. The highest BCUT2D eigenvalue weighted by molar-refractivity contribution is 6.03. The number of nitrogens with one attached hydrogen (secondary N) is 1. The standard InChI is InChI=1S/C20H22N2O5/c1-13-17(20(24)25)6-7-18(21-13)19(23)22-15-2-4-16(5-3-15)27-12-14-8-10-26-11-9-14/h2-7,14H,8-12H2,1H3,(H,22,23)(H,24,25). The fraction of sp³-hybridized carbons (Fsp3) is 0.350. The number of aromatic nitrogens is 1. The molecule has 0 radical (unpaired) electrons. The van der Waals surface area contributed by atoms with Gasteiger partial charge in [0, 0.05) is 18.9 Å². The van der Waals surface area contributed by atoms with Gasteiger partial charge in [0.15, 0.2) is 0 Å². The first kappa shape index (κ1) is 18.8. The Bertz CT molecular complexity index is 814. The maximum absolute atomic E-state index is 12.3. The molecule has 1 amide bonds. The second-order valence-electron chi connectivity index (χ2n) is 6.48. The van der Waals surface area contributed by atoms with Gasteiger partial charge in [-0.05, 0) is 62.1 Å². The van der Waals surface area contributed by atoms with E-state index in [2.05, 4.69) is 10.3 Å². The Balaban J connectivity index is 1.56. The summed E-state index contributed by atoms with van der Waals surface area (Å²) in [7, 11) is 0. The molecule has 142 valence electrons. The van der Waals surface area contributed by atoms with Crippen LogP contribution in [0.25, 0.3) is 0 Å². The van der Waals surface area contributed by atoms with E-state index in [1.807, 2.05) is 0 Å². The van der Waals surface area contributed by atoms with E-state index in [4.69, 9.17) is 14.6 Å². The molecule has 3 rings (SSSR count). The van der Waals surface area contributed by atoms with E-state index in [-0.39, 0.29) is 11.3 Å². The molecule has 2 N–H and O–H groups in total. The molecule has 7 nitrogen and oxygen atoms in total. The molecule has 0 saturated carbocycles. The highest BCUT2D eigenvalue weighted by Crippen LogP contribution is 2.20. The van der Waals surface area contributed by atoms with E-state index in [0.717, 1.165) is 31.8 Å². The van der Waals surface area contributed by atoms with Crippen molar-refractivity contribution in [2.24, 2.45) is 5.92 Å². The van der Waals surface area contributed by atoms with E-state index in [1.54, 1.807) is 31.2 Å². The molecule has 1 fully saturated rings. The first-order valence-electron chi connectivity index (χ1n) is 8.86. The number of anilines is 1. The maximum atomic E-state index is 12.3. The Labute approximate surface area is 157 Å². The van der Waals surface area contributed by atoms with Crippen LogP contribution in [-0.2, 0) is 4.74 Å². The summed E-state index contributed by atoms with van der Waals surface area (Å²) >= 11 is 0. The molecule has 1 aliphatic heterocycles. The lowest BCUT2D eigenvalue weighted by atomic mass is 10.0. The summed E-state index contributed by atoms with van der Waals surface area (Å²) < 4.78 is 11.1. The summed E-state index contributed by atoms with van der Waals surface area (Å²) in [4.78, 5) is 27.4. The molecule has 1 aromatic carbocycles. The van der Waals surface area contributed by atoms with Crippen LogP contribution < -0.4 is 10.1 Å². The minimum absolute atomic E-state index is 0.0811. The molecule has 0 atom stereocenters. The van der Waals surface area contributed by atoms with Gasteiger partial charge in [0.2, 0.25) is 0 Å². The fourth-order valence-corrected chi connectivity index (χ4v) is 2.87. The van der Waals surface area contributed by atoms with Crippen molar-refractivity contribution >= 4 is 17.6 Å². The van der Waals surface area contributed by atoms with Gasteiger partial charge in [-0.25, -0.2) is 9.78 Å². The molecule has 1 saturated heterocycles. The van der Waals surface area contributed by atoms with Gasteiger partial charge in [-0.15, -0.1) is 0 Å². The minimum atomic E-state index is -1.07. The summed E-state index contributed by atoms with van der Waals surface area (Å²) in [5.74, 6) is -0.199. The van der Waals surface area contributed by atoms with Crippen molar-refractivity contribution in [3.8, 4) is 5.75 Å². The Kier molecular flexibility index (Phi) is 6.03. The normalized spacial score (nSPS) is 14.6. The minimum Gasteiger partial charge on any atom is -0.493 e. The van der Waals surface area contributed by atoms with Crippen molar-refractivity contribution in [2.45, 2.75) is 19.8 Å². The molecule has 0 aliphatic carbocycles. The molecule has 0 bridgehead atoms. The van der Waals surface area contributed by atoms with Crippen LogP contribution in [0.15, 0.2) is 36.4 Å². The van der Waals surface area contributed by atoms with E-state index in [1.165, 1.54) is 12.1 Å². The highest BCUT2D eigenvalue weighted by Gasteiger charge is 2.15. The molecule has 0 spiro atoms. The van der Waals surface area contributed by atoms with Crippen LogP contribution in [0.4, 0.5) is 5.69 Å². The third-order valence-corrected chi connectivity index (χ3v) is 4.49. The Morgan fingerprint density at radius 3 is 2.52 bits per heavy atom. The summed E-state index contributed by atoms with van der Waals surface area (Å²) in [5.41, 5.74) is 1.15. The van der Waals surface area contributed by atoms with E-state index < -0.39 is 11.9 Å². The van der Waals surface area contributed by atoms with Crippen molar-refractivity contribution in [3.63, 3.8) is 0 Å². The van der Waals surface area contributed by atoms with Crippen LogP contribution >= 0.6 is 0 Å². The lowest BCUT2D eigenvalue weighted by Crippen LogP contribution is -2.21. The van der Waals surface area contributed by atoms with Crippen molar-refractivity contribution in [2.75, 3.05) is 25.1 Å². The van der Waals surface area contributed by atoms with Gasteiger partial charge >= 0.3 is 5.97 Å². The van der Waals surface area contributed by atoms with Gasteiger partial charge in [-0.3, -0.25) is 4.79 Å². The smallest absolute Gasteiger partial charge is 0.337 e. The number of ether oxygens (including phenoxy) is 2. The lowest BCUT2D eigenvalue weighted by Gasteiger charge is -2.22. The molecule has 2 heterocycles. The zero-order chi connectivity index (χ0) is 19.2. The third-order valence-electron chi connectivity index (χ3n) is 4.49. The zero-order valence-electron chi connectivity index (χ0n) is 15.1. The average molecular weight is 370 g/mol. The summed E-state index contributed by atoms with van der Waals surface area (Å²) in [6, 6.07) is 9.91. The van der Waals surface area contributed by atoms with E-state index >= 15 is 0 Å². The molecule has 0 unspecified atom stereocenters. The van der Waals surface area contributed by atoms with Crippen LogP contribution in [-0.4, -0.2) is 41.8 Å². The van der Waals surface area contributed by atoms with Crippen LogP contribution in [0.2, 0.25) is 0 Å². The fourth-order valence-electron chi connectivity index (χ4n) is 2.87. The van der Waals surface area contributed by atoms with Crippen LogP contribution in [0.3, 0.4) is 0 Å². The molecule has 27 heavy (non-hydrogen) atoms. The van der Waals surface area contributed by atoms with Gasteiger partial charge in [0.25, 0.3) is 5.91 Å². The third kappa shape index (κ3) is 5.04. The SMILES string of the molecule is Cc1nc(C(=O)Nc2ccc(OCC3CCOCC3)cc2)ccc1C(=O)O. The summed E-state index contributed by atoms with van der Waals surface area (Å²) in [6.07, 6.45) is 2.03. The van der Waals surface area contributed by atoms with Gasteiger partial charge in [0.05, 0.1) is 17.9 Å². The topological polar surface area (TPSA) is 97.8 Å². The molecule has 1 aliphatic rings. The Morgan fingerprint density at radius 1 is 1.19 bits per heavy atom. The number of rotatable bonds is 6. The van der Waals surface area contributed by atoms with Crippen LogP contribution in [0.1, 0.15) is 39.4 Å². The summed E-state index contributed by atoms with van der Waals surface area (Å²) in [5, 5.41) is 11.8. The number of aryl methyl sites for hydroxylation is 1. The number of benzene rings is 1. The number of amides is 1. The number of carbonyl (C=O) groups excluding carboxylic acids is 1. The van der Waals surface area contributed by atoms with E-state index in [0.29, 0.717) is 23.9 Å². The van der Waals surface area contributed by atoms with Crippen molar-refractivity contribution in [3.05, 3.63) is 53.3 Å². The molecule has 1 aromatic heterocycles. The molecule has 7 heteroatoms.